The molecule has 98 valence electrons. The quantitative estimate of drug-likeness (QED) is 0.581. The Morgan fingerprint density at radius 3 is 1.88 bits per heavy atom. The van der Waals surface area contributed by atoms with E-state index in [1.165, 1.54) is 51.6 Å². The van der Waals surface area contributed by atoms with Gasteiger partial charge in [0.1, 0.15) is 0 Å². The van der Waals surface area contributed by atoms with Crippen LogP contribution in [-0.4, -0.2) is 30.1 Å². The van der Waals surface area contributed by atoms with Crippen molar-refractivity contribution >= 4 is 0 Å². The van der Waals surface area contributed by atoms with E-state index in [9.17, 15) is 0 Å². The molecule has 0 aromatic rings. The van der Waals surface area contributed by atoms with Crippen LogP contribution in [0.2, 0.25) is 0 Å². The molecule has 0 heterocycles. The third-order valence-electron chi connectivity index (χ3n) is 3.89. The van der Waals surface area contributed by atoms with E-state index in [0.717, 1.165) is 6.54 Å². The monoisotopic (exact) mass is 228 g/mol. The van der Waals surface area contributed by atoms with Crippen molar-refractivity contribution in [1.29, 1.82) is 0 Å². The Labute approximate surface area is 103 Å². The molecule has 0 atom stereocenters. The van der Waals surface area contributed by atoms with Crippen molar-refractivity contribution in [3.05, 3.63) is 0 Å². The molecule has 0 saturated carbocycles. The largest absolute Gasteiger partial charge is 0.329 e. The second-order valence-electron chi connectivity index (χ2n) is 4.83. The maximum atomic E-state index is 6.02. The maximum absolute atomic E-state index is 6.02. The van der Waals surface area contributed by atoms with Gasteiger partial charge in [0.15, 0.2) is 0 Å². The van der Waals surface area contributed by atoms with Gasteiger partial charge in [0, 0.05) is 12.1 Å². The minimum atomic E-state index is 0.254. The van der Waals surface area contributed by atoms with Gasteiger partial charge in [0.25, 0.3) is 0 Å². The van der Waals surface area contributed by atoms with Crippen LogP contribution in [0.4, 0.5) is 0 Å². The molecule has 0 aliphatic carbocycles. The fourth-order valence-electron chi connectivity index (χ4n) is 2.52. The summed E-state index contributed by atoms with van der Waals surface area (Å²) in [6, 6.07) is 0. The number of unbranched alkanes of at least 4 members (excludes halogenated alkanes) is 2. The van der Waals surface area contributed by atoms with Crippen LogP contribution >= 0.6 is 0 Å². The van der Waals surface area contributed by atoms with E-state index < -0.39 is 0 Å². The topological polar surface area (TPSA) is 29.3 Å². The van der Waals surface area contributed by atoms with Crippen molar-refractivity contribution in [2.45, 2.75) is 71.8 Å². The van der Waals surface area contributed by atoms with Crippen LogP contribution in [0.15, 0.2) is 0 Å². The number of nitrogens with zero attached hydrogens (tertiary/aromatic N) is 1. The molecule has 0 saturated heterocycles. The van der Waals surface area contributed by atoms with Gasteiger partial charge in [-0.25, -0.2) is 0 Å². The molecule has 2 nitrogen and oxygen atoms in total. The number of hydrogen-bond acceptors (Lipinski definition) is 2. The van der Waals surface area contributed by atoms with Crippen LogP contribution in [0.3, 0.4) is 0 Å². The van der Waals surface area contributed by atoms with Crippen molar-refractivity contribution in [1.82, 2.24) is 4.90 Å². The van der Waals surface area contributed by atoms with E-state index in [-0.39, 0.29) is 5.54 Å². The lowest BCUT2D eigenvalue weighted by molar-refractivity contribution is 0.0826. The van der Waals surface area contributed by atoms with Crippen LogP contribution in [0, 0.1) is 0 Å². The molecule has 0 aliphatic heterocycles. The van der Waals surface area contributed by atoms with Crippen LogP contribution in [0.5, 0.6) is 0 Å². The summed E-state index contributed by atoms with van der Waals surface area (Å²) in [7, 11) is 0. The summed E-state index contributed by atoms with van der Waals surface area (Å²) >= 11 is 0. The summed E-state index contributed by atoms with van der Waals surface area (Å²) < 4.78 is 0. The predicted octanol–water partition coefficient (Wildman–Crippen LogP) is 3.41. The third-order valence-corrected chi connectivity index (χ3v) is 3.89. The SMILES string of the molecule is CCCCCN(CCC)C(CC)(CC)CN. The Kier molecular flexibility index (Phi) is 8.96. The van der Waals surface area contributed by atoms with Crippen LogP contribution in [0.1, 0.15) is 66.2 Å². The molecule has 0 bridgehead atoms. The molecule has 0 amide bonds. The summed E-state index contributed by atoms with van der Waals surface area (Å²) in [5.41, 5.74) is 6.28. The average Bonchev–Trinajstić information content (AvgIpc) is 2.32. The van der Waals surface area contributed by atoms with E-state index >= 15 is 0 Å². The molecule has 0 spiro atoms. The molecule has 0 aliphatic rings. The molecule has 0 rings (SSSR count). The number of nitrogens with two attached hydrogens (primary N) is 1. The van der Waals surface area contributed by atoms with Gasteiger partial charge in [-0.2, -0.15) is 0 Å². The highest BCUT2D eigenvalue weighted by atomic mass is 15.2. The standard InChI is InChI=1S/C14H32N2/c1-5-9-10-12-16(11-6-2)14(7-3,8-4)13-15/h5-13,15H2,1-4H3. The van der Waals surface area contributed by atoms with E-state index in [2.05, 4.69) is 32.6 Å². The fourth-order valence-corrected chi connectivity index (χ4v) is 2.52. The van der Waals surface area contributed by atoms with E-state index in [1.807, 2.05) is 0 Å². The van der Waals surface area contributed by atoms with Crippen LogP contribution < -0.4 is 5.73 Å². The maximum Gasteiger partial charge on any atom is 0.0326 e. The lowest BCUT2D eigenvalue weighted by atomic mass is 9.90. The van der Waals surface area contributed by atoms with Crippen molar-refractivity contribution in [3.8, 4) is 0 Å². The van der Waals surface area contributed by atoms with Crippen molar-refractivity contribution < 1.29 is 0 Å². The van der Waals surface area contributed by atoms with Gasteiger partial charge in [-0.1, -0.05) is 40.5 Å². The van der Waals surface area contributed by atoms with Gasteiger partial charge in [-0.05, 0) is 38.8 Å². The Hall–Kier alpha value is -0.0800. The average molecular weight is 228 g/mol. The van der Waals surface area contributed by atoms with Crippen molar-refractivity contribution in [2.24, 2.45) is 5.73 Å². The highest BCUT2D eigenvalue weighted by Crippen LogP contribution is 2.23. The second-order valence-corrected chi connectivity index (χ2v) is 4.83. The normalized spacial score (nSPS) is 12.4. The zero-order valence-electron chi connectivity index (χ0n) is 11.9. The smallest absolute Gasteiger partial charge is 0.0326 e. The Morgan fingerprint density at radius 2 is 1.50 bits per heavy atom. The van der Waals surface area contributed by atoms with Gasteiger partial charge in [0.05, 0.1) is 0 Å². The van der Waals surface area contributed by atoms with E-state index in [0.29, 0.717) is 0 Å². The molecule has 16 heavy (non-hydrogen) atoms. The molecule has 2 heteroatoms. The van der Waals surface area contributed by atoms with Crippen LogP contribution in [0.25, 0.3) is 0 Å². The first kappa shape index (κ1) is 15.9. The zero-order chi connectivity index (χ0) is 12.4. The van der Waals surface area contributed by atoms with Gasteiger partial charge >= 0.3 is 0 Å². The molecule has 0 fully saturated rings. The van der Waals surface area contributed by atoms with Crippen LogP contribution in [-0.2, 0) is 0 Å². The summed E-state index contributed by atoms with van der Waals surface area (Å²) in [4.78, 5) is 2.64. The second kappa shape index (κ2) is 9.00. The first-order chi connectivity index (χ1) is 7.70. The first-order valence-electron chi connectivity index (χ1n) is 7.15. The Balaban J connectivity index is 4.44. The summed E-state index contributed by atoms with van der Waals surface area (Å²) in [5, 5.41) is 0. The lowest BCUT2D eigenvalue weighted by Gasteiger charge is -2.42. The summed E-state index contributed by atoms with van der Waals surface area (Å²) in [6.07, 6.45) is 7.53. The van der Waals surface area contributed by atoms with E-state index in [1.54, 1.807) is 0 Å². The minimum absolute atomic E-state index is 0.254. The summed E-state index contributed by atoms with van der Waals surface area (Å²) in [5.74, 6) is 0. The minimum Gasteiger partial charge on any atom is -0.329 e. The fraction of sp³-hybridized carbons (Fsp3) is 1.00. The molecule has 0 unspecified atom stereocenters. The first-order valence-corrected chi connectivity index (χ1v) is 7.15. The van der Waals surface area contributed by atoms with Gasteiger partial charge < -0.3 is 5.73 Å². The van der Waals surface area contributed by atoms with Gasteiger partial charge in [-0.3, -0.25) is 4.90 Å². The van der Waals surface area contributed by atoms with Gasteiger partial charge in [0.2, 0.25) is 0 Å². The number of rotatable bonds is 10. The highest BCUT2D eigenvalue weighted by Gasteiger charge is 2.30. The molecule has 0 radical (unpaired) electrons. The Morgan fingerprint density at radius 1 is 0.875 bits per heavy atom. The number of hydrogen-bond donors (Lipinski definition) is 1. The van der Waals surface area contributed by atoms with Crippen molar-refractivity contribution in [3.63, 3.8) is 0 Å². The molecule has 0 aromatic heterocycles. The molecule has 2 N–H and O–H groups in total. The third kappa shape index (κ3) is 4.42. The Bertz CT molecular complexity index is 145. The summed E-state index contributed by atoms with van der Waals surface area (Å²) in [6.45, 7) is 12.3. The lowest BCUT2D eigenvalue weighted by Crippen LogP contribution is -2.53. The van der Waals surface area contributed by atoms with E-state index in [4.69, 9.17) is 5.73 Å². The van der Waals surface area contributed by atoms with Crippen molar-refractivity contribution in [2.75, 3.05) is 19.6 Å². The molecular formula is C14H32N2. The molecule has 0 aromatic carbocycles. The highest BCUT2D eigenvalue weighted by molar-refractivity contribution is 4.89. The van der Waals surface area contributed by atoms with Gasteiger partial charge in [-0.15, -0.1) is 0 Å². The molecular weight excluding hydrogens is 196 g/mol. The predicted molar refractivity (Wildman–Crippen MR) is 73.8 cm³/mol. The zero-order valence-corrected chi connectivity index (χ0v) is 11.9.